The van der Waals surface area contributed by atoms with Gasteiger partial charge in [-0.2, -0.15) is 0 Å². The first-order valence-corrected chi connectivity index (χ1v) is 4.54. The molecule has 0 bridgehead atoms. The van der Waals surface area contributed by atoms with Crippen LogP contribution in [0.25, 0.3) is 0 Å². The molecule has 1 aliphatic rings. The lowest BCUT2D eigenvalue weighted by Gasteiger charge is -2.44. The van der Waals surface area contributed by atoms with E-state index in [9.17, 15) is 5.11 Å². The predicted octanol–water partition coefficient (Wildman–Crippen LogP) is 1.31. The van der Waals surface area contributed by atoms with Gasteiger partial charge in [0.25, 0.3) is 0 Å². The van der Waals surface area contributed by atoms with Crippen molar-refractivity contribution in [1.82, 2.24) is 0 Å². The Morgan fingerprint density at radius 2 is 2.09 bits per heavy atom. The average molecular weight is 158 g/mol. The number of hydrogen-bond donors (Lipinski definition) is 2. The molecule has 0 aliphatic heterocycles. The van der Waals surface area contributed by atoms with Crippen molar-refractivity contribution in [2.75, 3.05) is 6.61 Å². The van der Waals surface area contributed by atoms with Crippen LogP contribution in [0, 0.1) is 5.41 Å². The van der Waals surface area contributed by atoms with Crippen LogP contribution in [0.4, 0.5) is 0 Å². The van der Waals surface area contributed by atoms with Crippen LogP contribution in [0.3, 0.4) is 0 Å². The monoisotopic (exact) mass is 158 g/mol. The van der Waals surface area contributed by atoms with Gasteiger partial charge < -0.3 is 10.2 Å². The van der Waals surface area contributed by atoms with Gasteiger partial charge in [0.1, 0.15) is 0 Å². The SMILES string of the molecule is CCC[C@@H](O)C1(CO)CCC1. The third-order valence-electron chi connectivity index (χ3n) is 2.93. The fourth-order valence-corrected chi connectivity index (χ4v) is 1.81. The molecule has 2 heteroatoms. The standard InChI is InChI=1S/C9H18O2/c1-2-4-8(11)9(7-10)5-3-6-9/h8,10-11H,2-7H2,1H3/t8-/m1/s1. The molecule has 0 unspecified atom stereocenters. The lowest BCUT2D eigenvalue weighted by atomic mass is 9.65. The van der Waals surface area contributed by atoms with Crippen LogP contribution in [-0.4, -0.2) is 22.9 Å². The Labute approximate surface area is 68.2 Å². The Balaban J connectivity index is 2.40. The second-order valence-corrected chi connectivity index (χ2v) is 3.68. The molecule has 0 amide bonds. The van der Waals surface area contributed by atoms with Gasteiger partial charge >= 0.3 is 0 Å². The van der Waals surface area contributed by atoms with Gasteiger partial charge in [-0.3, -0.25) is 0 Å². The van der Waals surface area contributed by atoms with E-state index in [0.29, 0.717) is 0 Å². The highest BCUT2D eigenvalue weighted by Crippen LogP contribution is 2.44. The summed E-state index contributed by atoms with van der Waals surface area (Å²) in [5.74, 6) is 0. The van der Waals surface area contributed by atoms with Gasteiger partial charge in [0.2, 0.25) is 0 Å². The zero-order valence-corrected chi connectivity index (χ0v) is 7.21. The summed E-state index contributed by atoms with van der Waals surface area (Å²) in [5.41, 5.74) is -0.115. The Hall–Kier alpha value is -0.0800. The molecule has 1 atom stereocenters. The molecule has 0 aromatic heterocycles. The fraction of sp³-hybridized carbons (Fsp3) is 1.00. The van der Waals surface area contributed by atoms with Crippen LogP contribution in [-0.2, 0) is 0 Å². The molecule has 0 aromatic rings. The maximum Gasteiger partial charge on any atom is 0.0618 e. The fourth-order valence-electron chi connectivity index (χ4n) is 1.81. The minimum absolute atomic E-state index is 0.115. The minimum atomic E-state index is -0.272. The van der Waals surface area contributed by atoms with Crippen LogP contribution in [0.1, 0.15) is 39.0 Å². The van der Waals surface area contributed by atoms with Gasteiger partial charge in [-0.15, -0.1) is 0 Å². The summed E-state index contributed by atoms with van der Waals surface area (Å²) >= 11 is 0. The summed E-state index contributed by atoms with van der Waals surface area (Å²) in [7, 11) is 0. The number of aliphatic hydroxyl groups is 2. The van der Waals surface area contributed by atoms with Crippen molar-refractivity contribution in [3.05, 3.63) is 0 Å². The molecule has 66 valence electrons. The van der Waals surface area contributed by atoms with E-state index in [1.165, 1.54) is 6.42 Å². The van der Waals surface area contributed by atoms with Crippen LogP contribution >= 0.6 is 0 Å². The molecule has 11 heavy (non-hydrogen) atoms. The molecular formula is C9H18O2. The highest BCUT2D eigenvalue weighted by atomic mass is 16.3. The van der Waals surface area contributed by atoms with Gasteiger partial charge in [0.05, 0.1) is 12.7 Å². The molecule has 2 nitrogen and oxygen atoms in total. The third kappa shape index (κ3) is 1.57. The summed E-state index contributed by atoms with van der Waals surface area (Å²) < 4.78 is 0. The molecule has 0 spiro atoms. The first kappa shape index (κ1) is 9.01. The quantitative estimate of drug-likeness (QED) is 0.647. The number of hydrogen-bond acceptors (Lipinski definition) is 2. The Morgan fingerprint density at radius 3 is 2.36 bits per heavy atom. The zero-order valence-electron chi connectivity index (χ0n) is 7.21. The topological polar surface area (TPSA) is 40.5 Å². The average Bonchev–Trinajstić information content (AvgIpc) is 1.87. The predicted molar refractivity (Wildman–Crippen MR) is 44.3 cm³/mol. The normalized spacial score (nSPS) is 24.3. The second-order valence-electron chi connectivity index (χ2n) is 3.68. The molecule has 1 rings (SSSR count). The van der Waals surface area contributed by atoms with E-state index >= 15 is 0 Å². The number of aliphatic hydroxyl groups excluding tert-OH is 2. The van der Waals surface area contributed by atoms with Crippen molar-refractivity contribution in [1.29, 1.82) is 0 Å². The van der Waals surface area contributed by atoms with Crippen LogP contribution in [0.15, 0.2) is 0 Å². The van der Waals surface area contributed by atoms with E-state index in [1.54, 1.807) is 0 Å². The van der Waals surface area contributed by atoms with Crippen molar-refractivity contribution in [3.8, 4) is 0 Å². The summed E-state index contributed by atoms with van der Waals surface area (Å²) in [6.45, 7) is 2.22. The molecular weight excluding hydrogens is 140 g/mol. The van der Waals surface area contributed by atoms with E-state index in [2.05, 4.69) is 6.92 Å². The van der Waals surface area contributed by atoms with Crippen molar-refractivity contribution < 1.29 is 10.2 Å². The molecule has 1 aliphatic carbocycles. The van der Waals surface area contributed by atoms with Crippen molar-refractivity contribution >= 4 is 0 Å². The Bertz CT molecular complexity index is 113. The summed E-state index contributed by atoms with van der Waals surface area (Å²) in [5, 5.41) is 18.7. The maximum atomic E-state index is 9.66. The van der Waals surface area contributed by atoms with Gasteiger partial charge in [-0.25, -0.2) is 0 Å². The van der Waals surface area contributed by atoms with E-state index < -0.39 is 0 Å². The third-order valence-corrected chi connectivity index (χ3v) is 2.93. The first-order valence-electron chi connectivity index (χ1n) is 4.54. The lowest BCUT2D eigenvalue weighted by Crippen LogP contribution is -2.44. The van der Waals surface area contributed by atoms with Crippen LogP contribution in [0.2, 0.25) is 0 Å². The van der Waals surface area contributed by atoms with Gasteiger partial charge in [0.15, 0.2) is 0 Å². The van der Waals surface area contributed by atoms with E-state index in [-0.39, 0.29) is 18.1 Å². The van der Waals surface area contributed by atoms with Gasteiger partial charge in [-0.05, 0) is 19.3 Å². The van der Waals surface area contributed by atoms with Crippen molar-refractivity contribution in [2.24, 2.45) is 5.41 Å². The van der Waals surface area contributed by atoms with Crippen LogP contribution in [0.5, 0.6) is 0 Å². The van der Waals surface area contributed by atoms with Gasteiger partial charge in [0, 0.05) is 5.41 Å². The maximum absolute atomic E-state index is 9.66. The summed E-state index contributed by atoms with van der Waals surface area (Å²) in [4.78, 5) is 0. The highest BCUT2D eigenvalue weighted by molar-refractivity contribution is 4.92. The largest absolute Gasteiger partial charge is 0.396 e. The van der Waals surface area contributed by atoms with Gasteiger partial charge in [-0.1, -0.05) is 19.8 Å². The first-order chi connectivity index (χ1) is 5.25. The van der Waals surface area contributed by atoms with Crippen molar-refractivity contribution in [3.63, 3.8) is 0 Å². The molecule has 0 heterocycles. The highest BCUT2D eigenvalue weighted by Gasteiger charge is 2.42. The summed E-state index contributed by atoms with van der Waals surface area (Å²) in [6, 6.07) is 0. The van der Waals surface area contributed by atoms with E-state index in [1.807, 2.05) is 0 Å². The van der Waals surface area contributed by atoms with E-state index in [0.717, 1.165) is 25.7 Å². The molecule has 0 radical (unpaired) electrons. The van der Waals surface area contributed by atoms with Crippen LogP contribution < -0.4 is 0 Å². The molecule has 1 fully saturated rings. The molecule has 0 saturated heterocycles. The zero-order chi connectivity index (χ0) is 8.32. The Morgan fingerprint density at radius 1 is 1.45 bits per heavy atom. The van der Waals surface area contributed by atoms with E-state index in [4.69, 9.17) is 5.11 Å². The minimum Gasteiger partial charge on any atom is -0.396 e. The Kier molecular flexibility index (Phi) is 2.90. The molecule has 2 N–H and O–H groups in total. The second kappa shape index (κ2) is 3.55. The smallest absolute Gasteiger partial charge is 0.0618 e. The molecule has 1 saturated carbocycles. The molecule has 0 aromatic carbocycles. The number of rotatable bonds is 4. The summed E-state index contributed by atoms with van der Waals surface area (Å²) in [6.07, 6.45) is 4.74. The lowest BCUT2D eigenvalue weighted by molar-refractivity contribution is -0.0745. The van der Waals surface area contributed by atoms with Crippen molar-refractivity contribution in [2.45, 2.75) is 45.1 Å².